The second kappa shape index (κ2) is 7.79. The Bertz CT molecular complexity index is 752. The van der Waals surface area contributed by atoms with Gasteiger partial charge in [-0.25, -0.2) is 4.98 Å². The molecule has 1 saturated heterocycles. The molecule has 2 amide bonds. The van der Waals surface area contributed by atoms with Gasteiger partial charge in [-0.05, 0) is 55.7 Å². The van der Waals surface area contributed by atoms with Crippen molar-refractivity contribution in [1.82, 2.24) is 4.98 Å². The summed E-state index contributed by atoms with van der Waals surface area (Å²) < 4.78 is 0. The molecule has 3 rings (SSSR count). The predicted octanol–water partition coefficient (Wildman–Crippen LogP) is 3.28. The van der Waals surface area contributed by atoms with E-state index in [9.17, 15) is 9.59 Å². The standard InChI is InChI=1S/C19H22N4O2/c1-14(24)21-18-13-15(9-10-20-18)19(25)22-16-5-7-17(8-6-16)23-11-3-2-4-12-23/h5-10,13H,2-4,11-12H2,1H3,(H,22,25)(H,20,21,24). The van der Waals surface area contributed by atoms with Crippen LogP contribution in [-0.4, -0.2) is 29.9 Å². The van der Waals surface area contributed by atoms with Gasteiger partial charge in [-0.2, -0.15) is 0 Å². The molecule has 1 aliphatic rings. The Kier molecular flexibility index (Phi) is 5.28. The summed E-state index contributed by atoms with van der Waals surface area (Å²) >= 11 is 0. The molecule has 6 nitrogen and oxygen atoms in total. The van der Waals surface area contributed by atoms with Crippen molar-refractivity contribution in [3.8, 4) is 0 Å². The van der Waals surface area contributed by atoms with E-state index in [1.54, 1.807) is 12.1 Å². The molecule has 0 unspecified atom stereocenters. The molecule has 130 valence electrons. The fraction of sp³-hybridized carbons (Fsp3) is 0.316. The van der Waals surface area contributed by atoms with Gasteiger partial charge in [0.1, 0.15) is 5.82 Å². The number of nitrogens with zero attached hydrogens (tertiary/aromatic N) is 2. The van der Waals surface area contributed by atoms with Crippen molar-refractivity contribution in [2.24, 2.45) is 0 Å². The van der Waals surface area contributed by atoms with Gasteiger partial charge in [0, 0.05) is 43.1 Å². The number of anilines is 3. The minimum atomic E-state index is -0.236. The second-order valence-corrected chi connectivity index (χ2v) is 6.16. The molecular formula is C19H22N4O2. The number of pyridine rings is 1. The Morgan fingerprint density at radius 3 is 2.40 bits per heavy atom. The minimum Gasteiger partial charge on any atom is -0.372 e. The van der Waals surface area contributed by atoms with E-state index in [2.05, 4.69) is 20.5 Å². The highest BCUT2D eigenvalue weighted by Crippen LogP contribution is 2.22. The van der Waals surface area contributed by atoms with E-state index in [0.717, 1.165) is 18.8 Å². The van der Waals surface area contributed by atoms with Crippen LogP contribution in [0, 0.1) is 0 Å². The molecule has 0 radical (unpaired) electrons. The molecule has 1 aromatic carbocycles. The van der Waals surface area contributed by atoms with Crippen LogP contribution in [0.3, 0.4) is 0 Å². The summed E-state index contributed by atoms with van der Waals surface area (Å²) in [6, 6.07) is 11.1. The number of nitrogens with one attached hydrogen (secondary N) is 2. The molecule has 0 saturated carbocycles. The Labute approximate surface area is 147 Å². The number of hydrogen-bond donors (Lipinski definition) is 2. The quantitative estimate of drug-likeness (QED) is 0.897. The number of benzene rings is 1. The van der Waals surface area contributed by atoms with Crippen LogP contribution in [0.2, 0.25) is 0 Å². The first-order chi connectivity index (χ1) is 12.1. The van der Waals surface area contributed by atoms with Gasteiger partial charge in [-0.3, -0.25) is 9.59 Å². The molecule has 0 bridgehead atoms. The van der Waals surface area contributed by atoms with Crippen LogP contribution in [-0.2, 0) is 4.79 Å². The first-order valence-corrected chi connectivity index (χ1v) is 8.52. The summed E-state index contributed by atoms with van der Waals surface area (Å²) in [7, 11) is 0. The maximum Gasteiger partial charge on any atom is 0.255 e. The van der Waals surface area contributed by atoms with Gasteiger partial charge < -0.3 is 15.5 Å². The molecule has 2 aromatic rings. The number of hydrogen-bond acceptors (Lipinski definition) is 4. The molecule has 6 heteroatoms. The molecule has 0 aliphatic carbocycles. The van der Waals surface area contributed by atoms with Crippen molar-refractivity contribution < 1.29 is 9.59 Å². The van der Waals surface area contributed by atoms with Gasteiger partial charge in [-0.15, -0.1) is 0 Å². The Morgan fingerprint density at radius 2 is 1.72 bits per heavy atom. The number of rotatable bonds is 4. The zero-order valence-electron chi connectivity index (χ0n) is 14.3. The van der Waals surface area contributed by atoms with Crippen LogP contribution >= 0.6 is 0 Å². The summed E-state index contributed by atoms with van der Waals surface area (Å²) in [6.07, 6.45) is 5.27. The molecule has 1 aliphatic heterocycles. The SMILES string of the molecule is CC(=O)Nc1cc(C(=O)Nc2ccc(N3CCCCC3)cc2)ccn1. The van der Waals surface area contributed by atoms with E-state index in [1.807, 2.05) is 24.3 Å². The first kappa shape index (κ1) is 17.0. The topological polar surface area (TPSA) is 74.3 Å². The average Bonchev–Trinajstić information content (AvgIpc) is 2.63. The van der Waals surface area contributed by atoms with Crippen LogP contribution in [0.4, 0.5) is 17.2 Å². The lowest BCUT2D eigenvalue weighted by Crippen LogP contribution is -2.29. The normalized spacial score (nSPS) is 14.0. The number of piperidine rings is 1. The lowest BCUT2D eigenvalue weighted by Gasteiger charge is -2.28. The fourth-order valence-electron chi connectivity index (χ4n) is 2.93. The summed E-state index contributed by atoms with van der Waals surface area (Å²) in [5.41, 5.74) is 2.37. The number of carbonyl (C=O) groups is 2. The summed E-state index contributed by atoms with van der Waals surface area (Å²) in [5.74, 6) is -0.0984. The fourth-order valence-corrected chi connectivity index (χ4v) is 2.93. The van der Waals surface area contributed by atoms with Crippen LogP contribution in [0.1, 0.15) is 36.5 Å². The van der Waals surface area contributed by atoms with Gasteiger partial charge >= 0.3 is 0 Å². The molecule has 1 fully saturated rings. The third-order valence-corrected chi connectivity index (χ3v) is 4.17. The smallest absolute Gasteiger partial charge is 0.255 e. The molecule has 2 heterocycles. The highest BCUT2D eigenvalue weighted by molar-refractivity contribution is 6.05. The Morgan fingerprint density at radius 1 is 1.00 bits per heavy atom. The third-order valence-electron chi connectivity index (χ3n) is 4.17. The zero-order chi connectivity index (χ0) is 17.6. The maximum atomic E-state index is 12.4. The lowest BCUT2D eigenvalue weighted by atomic mass is 10.1. The van der Waals surface area contributed by atoms with Crippen molar-refractivity contribution in [2.45, 2.75) is 26.2 Å². The van der Waals surface area contributed by atoms with E-state index >= 15 is 0 Å². The predicted molar refractivity (Wildman–Crippen MR) is 99.0 cm³/mol. The number of carbonyl (C=O) groups excluding carboxylic acids is 2. The largest absolute Gasteiger partial charge is 0.372 e. The van der Waals surface area contributed by atoms with E-state index in [1.165, 1.54) is 38.1 Å². The average molecular weight is 338 g/mol. The molecule has 25 heavy (non-hydrogen) atoms. The van der Waals surface area contributed by atoms with E-state index < -0.39 is 0 Å². The highest BCUT2D eigenvalue weighted by atomic mass is 16.2. The highest BCUT2D eigenvalue weighted by Gasteiger charge is 2.12. The van der Waals surface area contributed by atoms with Crippen molar-refractivity contribution >= 4 is 29.0 Å². The van der Waals surface area contributed by atoms with E-state index in [0.29, 0.717) is 11.4 Å². The van der Waals surface area contributed by atoms with Crippen molar-refractivity contribution in [3.63, 3.8) is 0 Å². The number of aromatic nitrogens is 1. The lowest BCUT2D eigenvalue weighted by molar-refractivity contribution is -0.114. The van der Waals surface area contributed by atoms with E-state index in [-0.39, 0.29) is 11.8 Å². The van der Waals surface area contributed by atoms with Crippen molar-refractivity contribution in [2.75, 3.05) is 28.6 Å². The summed E-state index contributed by atoms with van der Waals surface area (Å²) in [5, 5.41) is 5.44. The number of amides is 2. The first-order valence-electron chi connectivity index (χ1n) is 8.52. The zero-order valence-corrected chi connectivity index (χ0v) is 14.3. The van der Waals surface area contributed by atoms with Gasteiger partial charge in [0.2, 0.25) is 5.91 Å². The van der Waals surface area contributed by atoms with Crippen molar-refractivity contribution in [3.05, 3.63) is 48.2 Å². The van der Waals surface area contributed by atoms with Crippen molar-refractivity contribution in [1.29, 1.82) is 0 Å². The van der Waals surface area contributed by atoms with Gasteiger partial charge in [0.25, 0.3) is 5.91 Å². The third kappa shape index (κ3) is 4.56. The molecule has 2 N–H and O–H groups in total. The second-order valence-electron chi connectivity index (χ2n) is 6.16. The Hall–Kier alpha value is -2.89. The molecule has 0 spiro atoms. The summed E-state index contributed by atoms with van der Waals surface area (Å²) in [6.45, 7) is 3.58. The van der Waals surface area contributed by atoms with Crippen LogP contribution < -0.4 is 15.5 Å². The van der Waals surface area contributed by atoms with E-state index in [4.69, 9.17) is 0 Å². The summed E-state index contributed by atoms with van der Waals surface area (Å²) in [4.78, 5) is 29.9. The Balaban J connectivity index is 1.65. The molecule has 1 aromatic heterocycles. The monoisotopic (exact) mass is 338 g/mol. The van der Waals surface area contributed by atoms with Crippen LogP contribution in [0.15, 0.2) is 42.6 Å². The van der Waals surface area contributed by atoms with Gasteiger partial charge in [0.15, 0.2) is 0 Å². The van der Waals surface area contributed by atoms with Gasteiger partial charge in [0.05, 0.1) is 0 Å². The molecular weight excluding hydrogens is 316 g/mol. The van der Waals surface area contributed by atoms with Gasteiger partial charge in [-0.1, -0.05) is 0 Å². The maximum absolute atomic E-state index is 12.4. The van der Waals surface area contributed by atoms with Crippen LogP contribution in [0.25, 0.3) is 0 Å². The minimum absolute atomic E-state index is 0.224. The molecule has 0 atom stereocenters. The van der Waals surface area contributed by atoms with Crippen LogP contribution in [0.5, 0.6) is 0 Å².